The minimum atomic E-state index is 0.0325. The first-order valence-electron chi connectivity index (χ1n) is 8.87. The van der Waals surface area contributed by atoms with E-state index in [1.807, 2.05) is 4.90 Å². The number of hydrogen-bond donors (Lipinski definition) is 1. The van der Waals surface area contributed by atoms with Gasteiger partial charge < -0.3 is 10.2 Å². The number of hydrogen-bond acceptors (Lipinski definition) is 4. The van der Waals surface area contributed by atoms with Crippen LogP contribution in [0, 0.1) is 0 Å². The first-order valence-corrected chi connectivity index (χ1v) is 8.87. The van der Waals surface area contributed by atoms with Crippen LogP contribution in [0.25, 0.3) is 0 Å². The summed E-state index contributed by atoms with van der Waals surface area (Å²) in [6.45, 7) is 2.52. The van der Waals surface area contributed by atoms with Crippen molar-refractivity contribution in [2.75, 3.05) is 25.0 Å². The number of anilines is 1. The predicted octanol–water partition coefficient (Wildman–Crippen LogP) is 3.41. The van der Waals surface area contributed by atoms with E-state index in [0.717, 1.165) is 38.9 Å². The van der Waals surface area contributed by atoms with Crippen LogP contribution in [0.1, 0.15) is 61.9 Å². The fourth-order valence-corrected chi connectivity index (χ4v) is 3.29. The molecule has 0 atom stereocenters. The summed E-state index contributed by atoms with van der Waals surface area (Å²) in [5.41, 5.74) is 2.03. The maximum absolute atomic E-state index is 12.5. The molecule has 0 radical (unpaired) electrons. The lowest BCUT2D eigenvalue weighted by Gasteiger charge is -2.26. The molecule has 2 heterocycles. The van der Waals surface area contributed by atoms with Gasteiger partial charge in [0.1, 0.15) is 5.69 Å². The van der Waals surface area contributed by atoms with E-state index in [2.05, 4.69) is 21.4 Å². The summed E-state index contributed by atoms with van der Waals surface area (Å²) in [5, 5.41) is 3.26. The van der Waals surface area contributed by atoms with Crippen LogP contribution in [0.5, 0.6) is 0 Å². The van der Waals surface area contributed by atoms with Gasteiger partial charge in [0.05, 0.1) is 0 Å². The second kappa shape index (κ2) is 8.09. The Morgan fingerprint density at radius 2 is 2.04 bits per heavy atom. The third-order valence-electron chi connectivity index (χ3n) is 4.63. The molecule has 1 N–H and O–H groups in total. The molecule has 0 aromatic carbocycles. The first kappa shape index (κ1) is 16.0. The van der Waals surface area contributed by atoms with E-state index < -0.39 is 0 Å². The van der Waals surface area contributed by atoms with E-state index in [1.165, 1.54) is 37.7 Å². The SMILES string of the molecule is O=C(c1ccnc(NCCC2=CCCCC2)n1)N1CCCCC1. The maximum atomic E-state index is 12.5. The fourth-order valence-electron chi connectivity index (χ4n) is 3.29. The number of allylic oxidation sites excluding steroid dienone is 1. The largest absolute Gasteiger partial charge is 0.354 e. The van der Waals surface area contributed by atoms with Gasteiger partial charge in [-0.05, 0) is 57.4 Å². The number of piperidine rings is 1. The predicted molar refractivity (Wildman–Crippen MR) is 91.4 cm³/mol. The Kier molecular flexibility index (Phi) is 5.61. The van der Waals surface area contributed by atoms with Crippen molar-refractivity contribution in [2.45, 2.75) is 51.4 Å². The zero-order chi connectivity index (χ0) is 15.9. The van der Waals surface area contributed by atoms with Crippen LogP contribution in [0.4, 0.5) is 5.95 Å². The summed E-state index contributed by atoms with van der Waals surface area (Å²) < 4.78 is 0. The van der Waals surface area contributed by atoms with Crippen molar-refractivity contribution < 1.29 is 4.79 Å². The number of carbonyl (C=O) groups is 1. The molecule has 1 aromatic heterocycles. The molecule has 0 unspecified atom stereocenters. The minimum absolute atomic E-state index is 0.0325. The molecule has 23 heavy (non-hydrogen) atoms. The van der Waals surface area contributed by atoms with Crippen molar-refractivity contribution in [3.8, 4) is 0 Å². The molecule has 1 aliphatic heterocycles. The smallest absolute Gasteiger partial charge is 0.272 e. The van der Waals surface area contributed by atoms with E-state index in [1.54, 1.807) is 12.3 Å². The second-order valence-electron chi connectivity index (χ2n) is 6.40. The average Bonchev–Trinajstić information content (AvgIpc) is 2.63. The highest BCUT2D eigenvalue weighted by molar-refractivity contribution is 5.92. The number of carbonyl (C=O) groups excluding carboxylic acids is 1. The molecule has 0 spiro atoms. The van der Waals surface area contributed by atoms with Gasteiger partial charge in [-0.2, -0.15) is 0 Å². The Morgan fingerprint density at radius 1 is 1.17 bits per heavy atom. The van der Waals surface area contributed by atoms with Crippen molar-refractivity contribution in [1.29, 1.82) is 0 Å². The van der Waals surface area contributed by atoms with Crippen molar-refractivity contribution in [3.63, 3.8) is 0 Å². The number of amides is 1. The molecule has 0 bridgehead atoms. The van der Waals surface area contributed by atoms with Gasteiger partial charge in [-0.1, -0.05) is 11.6 Å². The molecule has 1 fully saturated rings. The van der Waals surface area contributed by atoms with Crippen molar-refractivity contribution >= 4 is 11.9 Å². The van der Waals surface area contributed by atoms with Crippen LogP contribution >= 0.6 is 0 Å². The molecule has 5 nitrogen and oxygen atoms in total. The molecule has 1 saturated heterocycles. The molecular formula is C18H26N4O. The molecular weight excluding hydrogens is 288 g/mol. The van der Waals surface area contributed by atoms with Crippen molar-refractivity contribution in [1.82, 2.24) is 14.9 Å². The summed E-state index contributed by atoms with van der Waals surface area (Å²) >= 11 is 0. The lowest BCUT2D eigenvalue weighted by Crippen LogP contribution is -2.36. The minimum Gasteiger partial charge on any atom is -0.354 e. The maximum Gasteiger partial charge on any atom is 0.272 e. The number of rotatable bonds is 5. The Labute approximate surface area is 138 Å². The van der Waals surface area contributed by atoms with Gasteiger partial charge in [0.15, 0.2) is 0 Å². The quantitative estimate of drug-likeness (QED) is 0.846. The molecule has 2 aliphatic rings. The van der Waals surface area contributed by atoms with E-state index >= 15 is 0 Å². The summed E-state index contributed by atoms with van der Waals surface area (Å²) in [4.78, 5) is 23.0. The standard InChI is InChI=1S/C18H26N4O/c23-17(22-13-5-2-6-14-22)16-10-12-20-18(21-16)19-11-9-15-7-3-1-4-8-15/h7,10,12H,1-6,8-9,11,13-14H2,(H,19,20,21). The van der Waals surface area contributed by atoms with E-state index in [4.69, 9.17) is 0 Å². The zero-order valence-electron chi connectivity index (χ0n) is 13.8. The van der Waals surface area contributed by atoms with Crippen LogP contribution in [-0.2, 0) is 0 Å². The van der Waals surface area contributed by atoms with Gasteiger partial charge in [0, 0.05) is 25.8 Å². The number of aromatic nitrogens is 2. The molecule has 1 aliphatic carbocycles. The molecule has 1 aromatic rings. The summed E-state index contributed by atoms with van der Waals surface area (Å²) in [6.07, 6.45) is 13.5. The van der Waals surface area contributed by atoms with Gasteiger partial charge in [0.2, 0.25) is 5.95 Å². The molecule has 0 saturated carbocycles. The molecule has 5 heteroatoms. The van der Waals surface area contributed by atoms with E-state index in [0.29, 0.717) is 11.6 Å². The van der Waals surface area contributed by atoms with Crippen LogP contribution in [0.15, 0.2) is 23.9 Å². The normalized spacial score (nSPS) is 18.4. The monoisotopic (exact) mass is 314 g/mol. The average molecular weight is 314 g/mol. The van der Waals surface area contributed by atoms with Crippen LogP contribution in [-0.4, -0.2) is 40.4 Å². The molecule has 1 amide bonds. The third kappa shape index (κ3) is 4.53. The van der Waals surface area contributed by atoms with Gasteiger partial charge in [-0.25, -0.2) is 9.97 Å². The van der Waals surface area contributed by atoms with Gasteiger partial charge in [-0.3, -0.25) is 4.79 Å². The first-order chi connectivity index (χ1) is 11.3. The zero-order valence-corrected chi connectivity index (χ0v) is 13.8. The van der Waals surface area contributed by atoms with Crippen LogP contribution in [0.2, 0.25) is 0 Å². The third-order valence-corrected chi connectivity index (χ3v) is 4.63. The number of nitrogens with one attached hydrogen (secondary N) is 1. The summed E-state index contributed by atoms with van der Waals surface area (Å²) in [5.74, 6) is 0.592. The summed E-state index contributed by atoms with van der Waals surface area (Å²) in [6, 6.07) is 1.71. The molecule has 124 valence electrons. The summed E-state index contributed by atoms with van der Waals surface area (Å²) in [7, 11) is 0. The Balaban J connectivity index is 1.54. The van der Waals surface area contributed by atoms with Crippen molar-refractivity contribution in [2.24, 2.45) is 0 Å². The Morgan fingerprint density at radius 3 is 2.83 bits per heavy atom. The van der Waals surface area contributed by atoms with Gasteiger partial charge in [0.25, 0.3) is 5.91 Å². The van der Waals surface area contributed by atoms with Crippen LogP contribution in [0.3, 0.4) is 0 Å². The van der Waals surface area contributed by atoms with Crippen molar-refractivity contribution in [3.05, 3.63) is 29.6 Å². The van der Waals surface area contributed by atoms with Crippen LogP contribution < -0.4 is 5.32 Å². The van der Waals surface area contributed by atoms with E-state index in [-0.39, 0.29) is 5.91 Å². The topological polar surface area (TPSA) is 58.1 Å². The Hall–Kier alpha value is -1.91. The van der Waals surface area contributed by atoms with Gasteiger partial charge >= 0.3 is 0 Å². The van der Waals surface area contributed by atoms with Gasteiger partial charge in [-0.15, -0.1) is 0 Å². The fraction of sp³-hybridized carbons (Fsp3) is 0.611. The second-order valence-corrected chi connectivity index (χ2v) is 6.40. The number of nitrogens with zero attached hydrogens (tertiary/aromatic N) is 3. The highest BCUT2D eigenvalue weighted by atomic mass is 16.2. The highest BCUT2D eigenvalue weighted by Crippen LogP contribution is 2.20. The highest BCUT2D eigenvalue weighted by Gasteiger charge is 2.19. The lowest BCUT2D eigenvalue weighted by atomic mass is 9.97. The van der Waals surface area contributed by atoms with E-state index in [9.17, 15) is 4.79 Å². The number of likely N-dealkylation sites (tertiary alicyclic amines) is 1. The molecule has 3 rings (SSSR count). The Bertz CT molecular complexity index is 564. The lowest BCUT2D eigenvalue weighted by molar-refractivity contribution is 0.0718.